The molecule has 0 aliphatic carbocycles. The summed E-state index contributed by atoms with van der Waals surface area (Å²) in [5.41, 5.74) is 0.768. The van der Waals surface area contributed by atoms with E-state index in [0.717, 1.165) is 33.0 Å². The Kier molecular flexibility index (Phi) is 5.50. The van der Waals surface area contributed by atoms with Gasteiger partial charge in [0, 0.05) is 11.9 Å². The van der Waals surface area contributed by atoms with Gasteiger partial charge in [-0.1, -0.05) is 24.3 Å². The van der Waals surface area contributed by atoms with Crippen LogP contribution < -0.4 is 5.32 Å². The van der Waals surface area contributed by atoms with Crippen LogP contribution in [0.5, 0.6) is 0 Å². The Hall–Kier alpha value is -3.64. The SMILES string of the molecule is CN1C(=N)N[C@](C)(c2cc(-c3cccc(C#N)c3)cs2)C(c2ccc(C(F)(F)F)cc2)C1=O. The van der Waals surface area contributed by atoms with Crippen LogP contribution >= 0.6 is 11.3 Å². The highest BCUT2D eigenvalue weighted by atomic mass is 32.1. The van der Waals surface area contributed by atoms with Crippen LogP contribution in [-0.2, 0) is 16.5 Å². The number of carbonyl (C=O) groups is 1. The lowest BCUT2D eigenvalue weighted by molar-refractivity contribution is -0.137. The number of carbonyl (C=O) groups excluding carboxylic acids is 1. The molecule has 0 bridgehead atoms. The molecule has 33 heavy (non-hydrogen) atoms. The van der Waals surface area contributed by atoms with Crippen molar-refractivity contribution in [1.82, 2.24) is 10.2 Å². The Morgan fingerprint density at radius 1 is 1.15 bits per heavy atom. The number of guanidine groups is 1. The molecule has 1 fully saturated rings. The minimum Gasteiger partial charge on any atom is -0.345 e. The van der Waals surface area contributed by atoms with Crippen LogP contribution in [0.15, 0.2) is 60.0 Å². The molecule has 0 saturated carbocycles. The van der Waals surface area contributed by atoms with E-state index in [9.17, 15) is 23.2 Å². The maximum absolute atomic E-state index is 13.3. The summed E-state index contributed by atoms with van der Waals surface area (Å²) >= 11 is 1.38. The number of nitrogens with one attached hydrogen (secondary N) is 2. The standard InChI is InChI=1S/C24H19F3N4OS/c1-23(19-11-17(13-33-19)16-5-3-4-14(10-16)12-28)20(21(32)31(2)22(29)30-23)15-6-8-18(9-7-15)24(25,26)27/h3-11,13,20H,1-2H3,(H2,29,30)/t20?,23-/m1/s1. The highest BCUT2D eigenvalue weighted by molar-refractivity contribution is 7.10. The number of halogens is 3. The Morgan fingerprint density at radius 2 is 1.85 bits per heavy atom. The maximum atomic E-state index is 13.3. The number of hydrogen-bond acceptors (Lipinski definition) is 4. The molecular formula is C24H19F3N4OS. The highest BCUT2D eigenvalue weighted by Gasteiger charge is 2.49. The predicted molar refractivity (Wildman–Crippen MR) is 120 cm³/mol. The topological polar surface area (TPSA) is 80.0 Å². The Morgan fingerprint density at radius 3 is 2.48 bits per heavy atom. The summed E-state index contributed by atoms with van der Waals surface area (Å²) in [6, 6.07) is 15.7. The van der Waals surface area contributed by atoms with Crippen molar-refractivity contribution >= 4 is 23.2 Å². The van der Waals surface area contributed by atoms with Crippen molar-refractivity contribution in [2.75, 3.05) is 7.05 Å². The van der Waals surface area contributed by atoms with Gasteiger partial charge in [0.1, 0.15) is 0 Å². The second-order valence-corrected chi connectivity index (χ2v) is 8.93. The number of amides is 1. The van der Waals surface area contributed by atoms with Crippen molar-refractivity contribution in [1.29, 1.82) is 10.7 Å². The van der Waals surface area contributed by atoms with Gasteiger partial charge in [-0.05, 0) is 59.3 Å². The average molecular weight is 469 g/mol. The van der Waals surface area contributed by atoms with E-state index in [2.05, 4.69) is 11.4 Å². The van der Waals surface area contributed by atoms with Gasteiger partial charge in [-0.2, -0.15) is 18.4 Å². The molecule has 168 valence electrons. The number of hydrogen-bond donors (Lipinski definition) is 2. The quantitative estimate of drug-likeness (QED) is 0.547. The van der Waals surface area contributed by atoms with E-state index in [-0.39, 0.29) is 11.9 Å². The van der Waals surface area contributed by atoms with Gasteiger partial charge in [0.15, 0.2) is 5.96 Å². The lowest BCUT2D eigenvalue weighted by Gasteiger charge is -2.45. The number of nitriles is 1. The Balaban J connectivity index is 1.79. The van der Waals surface area contributed by atoms with Crippen molar-refractivity contribution in [2.24, 2.45) is 0 Å². The van der Waals surface area contributed by atoms with E-state index in [1.165, 1.54) is 30.5 Å². The zero-order valence-corrected chi connectivity index (χ0v) is 18.5. The van der Waals surface area contributed by atoms with Crippen LogP contribution in [0.1, 0.15) is 34.4 Å². The third-order valence-corrected chi connectivity index (χ3v) is 7.04. The normalized spacial score (nSPS) is 21.0. The fourth-order valence-electron chi connectivity index (χ4n) is 4.03. The zero-order chi connectivity index (χ0) is 24.0. The number of nitrogens with zero attached hydrogens (tertiary/aromatic N) is 2. The van der Waals surface area contributed by atoms with Crippen LogP contribution in [0.2, 0.25) is 0 Å². The number of benzene rings is 2. The monoisotopic (exact) mass is 468 g/mol. The number of likely N-dealkylation sites (N-methyl/N-ethyl adjacent to an activating group) is 1. The second-order valence-electron chi connectivity index (χ2n) is 8.02. The minimum absolute atomic E-state index is 0.0907. The first-order chi connectivity index (χ1) is 15.5. The van der Waals surface area contributed by atoms with Crippen LogP contribution in [-0.4, -0.2) is 23.8 Å². The van der Waals surface area contributed by atoms with Crippen molar-refractivity contribution in [3.05, 3.63) is 81.5 Å². The van der Waals surface area contributed by atoms with E-state index >= 15 is 0 Å². The van der Waals surface area contributed by atoms with E-state index in [4.69, 9.17) is 5.41 Å². The van der Waals surface area contributed by atoms with Gasteiger partial charge in [0.2, 0.25) is 5.91 Å². The molecule has 4 rings (SSSR count). The van der Waals surface area contributed by atoms with Crippen molar-refractivity contribution < 1.29 is 18.0 Å². The summed E-state index contributed by atoms with van der Waals surface area (Å²) in [7, 11) is 1.46. The second kappa shape index (κ2) is 8.05. The fraction of sp³-hybridized carbons (Fsp3) is 0.208. The predicted octanol–water partition coefficient (Wildman–Crippen LogP) is 5.30. The first-order valence-electron chi connectivity index (χ1n) is 9.95. The molecule has 1 aliphatic heterocycles. The molecule has 2 atom stereocenters. The lowest BCUT2D eigenvalue weighted by Crippen LogP contribution is -2.62. The van der Waals surface area contributed by atoms with Gasteiger partial charge >= 0.3 is 6.18 Å². The molecule has 3 aromatic rings. The van der Waals surface area contributed by atoms with Gasteiger partial charge in [0.05, 0.1) is 28.7 Å². The first kappa shape index (κ1) is 22.6. The molecule has 0 radical (unpaired) electrons. The lowest BCUT2D eigenvalue weighted by atomic mass is 9.76. The van der Waals surface area contributed by atoms with Gasteiger partial charge in [-0.3, -0.25) is 15.1 Å². The minimum atomic E-state index is -4.48. The Bertz CT molecular complexity index is 1280. The summed E-state index contributed by atoms with van der Waals surface area (Å²) < 4.78 is 39.2. The summed E-state index contributed by atoms with van der Waals surface area (Å²) in [5, 5.41) is 22.4. The van der Waals surface area contributed by atoms with Gasteiger partial charge in [-0.25, -0.2) is 0 Å². The molecule has 2 heterocycles. The van der Waals surface area contributed by atoms with Crippen molar-refractivity contribution in [3.63, 3.8) is 0 Å². The Labute approximate surface area is 192 Å². The maximum Gasteiger partial charge on any atom is 0.416 e. The van der Waals surface area contributed by atoms with Crippen molar-refractivity contribution in [3.8, 4) is 17.2 Å². The van der Waals surface area contributed by atoms with Gasteiger partial charge in [-0.15, -0.1) is 11.3 Å². The molecule has 1 aromatic heterocycles. The highest BCUT2D eigenvalue weighted by Crippen LogP contribution is 2.44. The molecule has 9 heteroatoms. The molecule has 0 spiro atoms. The smallest absolute Gasteiger partial charge is 0.345 e. The molecule has 1 unspecified atom stereocenters. The third kappa shape index (κ3) is 3.98. The third-order valence-electron chi connectivity index (χ3n) is 5.88. The number of alkyl halides is 3. The molecule has 1 saturated heterocycles. The summed E-state index contributed by atoms with van der Waals surface area (Å²) in [6.07, 6.45) is -4.48. The molecule has 1 amide bonds. The molecule has 1 aliphatic rings. The van der Waals surface area contributed by atoms with E-state index in [1.54, 1.807) is 25.1 Å². The summed E-state index contributed by atoms with van der Waals surface area (Å²) in [5.74, 6) is -1.33. The van der Waals surface area contributed by atoms with E-state index < -0.39 is 23.2 Å². The van der Waals surface area contributed by atoms with E-state index in [1.807, 2.05) is 17.5 Å². The average Bonchev–Trinajstić information content (AvgIpc) is 3.29. The van der Waals surface area contributed by atoms with Crippen LogP contribution in [0.3, 0.4) is 0 Å². The van der Waals surface area contributed by atoms with Gasteiger partial charge < -0.3 is 5.32 Å². The molecule has 5 nitrogen and oxygen atoms in total. The molecule has 2 N–H and O–H groups in total. The summed E-state index contributed by atoms with van der Waals surface area (Å²) in [6.45, 7) is 1.77. The van der Waals surface area contributed by atoms with Crippen LogP contribution in [0.4, 0.5) is 13.2 Å². The van der Waals surface area contributed by atoms with Crippen molar-refractivity contribution in [2.45, 2.75) is 24.6 Å². The largest absolute Gasteiger partial charge is 0.416 e. The molecule has 2 aromatic carbocycles. The van der Waals surface area contributed by atoms with E-state index in [0.29, 0.717) is 11.1 Å². The fourth-order valence-corrected chi connectivity index (χ4v) is 5.09. The first-order valence-corrected chi connectivity index (χ1v) is 10.8. The van der Waals surface area contributed by atoms with Crippen LogP contribution in [0, 0.1) is 16.7 Å². The number of rotatable bonds is 3. The summed E-state index contributed by atoms with van der Waals surface area (Å²) in [4.78, 5) is 15.2. The zero-order valence-electron chi connectivity index (χ0n) is 17.7. The molecular weight excluding hydrogens is 449 g/mol. The number of thiophene rings is 1. The van der Waals surface area contributed by atoms with Crippen LogP contribution in [0.25, 0.3) is 11.1 Å². The van der Waals surface area contributed by atoms with Gasteiger partial charge in [0.25, 0.3) is 0 Å².